The topological polar surface area (TPSA) is 123 Å². The highest BCUT2D eigenvalue weighted by Crippen LogP contribution is 2.24. The molecule has 0 aliphatic carbocycles. The van der Waals surface area contributed by atoms with Gasteiger partial charge in [0.15, 0.2) is 0 Å². The van der Waals surface area contributed by atoms with Gasteiger partial charge in [0.1, 0.15) is 6.04 Å². The van der Waals surface area contributed by atoms with E-state index in [1.165, 1.54) is 0 Å². The Morgan fingerprint density at radius 3 is 2.43 bits per heavy atom. The zero-order chi connectivity index (χ0) is 25.6. The number of carboxylic acid groups (broad SMARTS) is 1. The van der Waals surface area contributed by atoms with Crippen LogP contribution >= 0.6 is 0 Å². The standard InChI is InChI=1S/C26H31N5O4/c1-4-5-13-24(32)27-18-9-8-12-23(26(34)35)28-25(33)21-10-6-7-11-22(21)30-29-19-14-16-20(17-15-19)31(2)3/h1,6-7,10-11,14-17,23H,5,8-9,12-13,18H2,2-3H3,(H,27,32)(H,28,33)(H,34,35)/t23-/m0/s1. The maximum Gasteiger partial charge on any atom is 0.326 e. The first-order valence-electron chi connectivity index (χ1n) is 11.3. The predicted molar refractivity (Wildman–Crippen MR) is 135 cm³/mol. The minimum Gasteiger partial charge on any atom is -0.480 e. The molecular formula is C26H31N5O4. The number of nitrogens with one attached hydrogen (secondary N) is 2. The molecule has 0 saturated heterocycles. The smallest absolute Gasteiger partial charge is 0.326 e. The Morgan fingerprint density at radius 2 is 1.77 bits per heavy atom. The Hall–Kier alpha value is -4.19. The Morgan fingerprint density at radius 1 is 1.06 bits per heavy atom. The molecule has 0 unspecified atom stereocenters. The lowest BCUT2D eigenvalue weighted by Crippen LogP contribution is -2.40. The molecule has 1 atom stereocenters. The van der Waals surface area contributed by atoms with Crippen LogP contribution in [0.5, 0.6) is 0 Å². The molecule has 184 valence electrons. The summed E-state index contributed by atoms with van der Waals surface area (Å²) in [6.07, 6.45) is 7.09. The van der Waals surface area contributed by atoms with Crippen LogP contribution in [0.4, 0.5) is 17.1 Å². The van der Waals surface area contributed by atoms with Gasteiger partial charge in [0.05, 0.1) is 16.9 Å². The average molecular weight is 478 g/mol. The first-order chi connectivity index (χ1) is 16.8. The van der Waals surface area contributed by atoms with Crippen molar-refractivity contribution in [3.05, 3.63) is 54.1 Å². The van der Waals surface area contributed by atoms with Gasteiger partial charge in [-0.25, -0.2) is 4.79 Å². The molecule has 2 aromatic rings. The molecule has 0 heterocycles. The number of hydrogen-bond acceptors (Lipinski definition) is 6. The van der Waals surface area contributed by atoms with Crippen LogP contribution < -0.4 is 15.5 Å². The molecule has 0 aliphatic rings. The highest BCUT2D eigenvalue weighted by molar-refractivity contribution is 6.00. The quantitative estimate of drug-likeness (QED) is 0.228. The summed E-state index contributed by atoms with van der Waals surface area (Å²) in [6, 6.07) is 13.0. The van der Waals surface area contributed by atoms with E-state index in [0.717, 1.165) is 5.69 Å². The van der Waals surface area contributed by atoms with Gasteiger partial charge in [-0.05, 0) is 55.7 Å². The fourth-order valence-corrected chi connectivity index (χ4v) is 3.15. The molecule has 9 nitrogen and oxygen atoms in total. The van der Waals surface area contributed by atoms with Crippen LogP contribution in [0.1, 0.15) is 42.5 Å². The van der Waals surface area contributed by atoms with Gasteiger partial charge in [0, 0.05) is 39.2 Å². The summed E-state index contributed by atoms with van der Waals surface area (Å²) in [4.78, 5) is 38.0. The van der Waals surface area contributed by atoms with E-state index in [0.29, 0.717) is 37.2 Å². The van der Waals surface area contributed by atoms with Crippen molar-refractivity contribution in [3.63, 3.8) is 0 Å². The third kappa shape index (κ3) is 9.29. The molecule has 3 N–H and O–H groups in total. The summed E-state index contributed by atoms with van der Waals surface area (Å²) >= 11 is 0. The summed E-state index contributed by atoms with van der Waals surface area (Å²) in [5.74, 6) is 0.598. The van der Waals surface area contributed by atoms with Gasteiger partial charge in [-0.1, -0.05) is 12.1 Å². The van der Waals surface area contributed by atoms with Gasteiger partial charge in [0.2, 0.25) is 5.91 Å². The molecule has 9 heteroatoms. The minimum absolute atomic E-state index is 0.134. The van der Waals surface area contributed by atoms with Crippen molar-refractivity contribution in [2.24, 2.45) is 10.2 Å². The number of hydrogen-bond donors (Lipinski definition) is 3. The van der Waals surface area contributed by atoms with E-state index in [-0.39, 0.29) is 24.3 Å². The van der Waals surface area contributed by atoms with E-state index in [1.54, 1.807) is 24.3 Å². The van der Waals surface area contributed by atoms with Gasteiger partial charge in [-0.15, -0.1) is 17.5 Å². The largest absolute Gasteiger partial charge is 0.480 e. The van der Waals surface area contributed by atoms with Crippen molar-refractivity contribution in [1.29, 1.82) is 0 Å². The zero-order valence-corrected chi connectivity index (χ0v) is 20.0. The highest BCUT2D eigenvalue weighted by Gasteiger charge is 2.21. The first-order valence-corrected chi connectivity index (χ1v) is 11.3. The van der Waals surface area contributed by atoms with Crippen molar-refractivity contribution in [2.45, 2.75) is 38.1 Å². The van der Waals surface area contributed by atoms with Crippen LogP contribution in [0.25, 0.3) is 0 Å². The Kier molecular flexibility index (Phi) is 10.9. The second-order valence-electron chi connectivity index (χ2n) is 8.04. The molecule has 0 spiro atoms. The number of carbonyl (C=O) groups excluding carboxylic acids is 2. The normalized spacial score (nSPS) is 11.5. The van der Waals surface area contributed by atoms with Crippen molar-refractivity contribution in [3.8, 4) is 12.3 Å². The number of terminal acetylenes is 1. The van der Waals surface area contributed by atoms with Gasteiger partial charge < -0.3 is 20.6 Å². The molecule has 35 heavy (non-hydrogen) atoms. The van der Waals surface area contributed by atoms with Crippen LogP contribution in [0.3, 0.4) is 0 Å². The SMILES string of the molecule is C#CCCC(=O)NCCCC[C@H](NC(=O)c1ccccc1N=Nc1ccc(N(C)C)cc1)C(=O)O. The van der Waals surface area contributed by atoms with Gasteiger partial charge in [-0.3, -0.25) is 9.59 Å². The van der Waals surface area contributed by atoms with Gasteiger partial charge in [0.25, 0.3) is 5.91 Å². The van der Waals surface area contributed by atoms with E-state index in [4.69, 9.17) is 6.42 Å². The molecule has 0 aromatic heterocycles. The lowest BCUT2D eigenvalue weighted by atomic mass is 10.1. The van der Waals surface area contributed by atoms with Crippen LogP contribution in [0, 0.1) is 12.3 Å². The maximum atomic E-state index is 12.8. The fraction of sp³-hybridized carbons (Fsp3) is 0.346. The van der Waals surface area contributed by atoms with Crippen LogP contribution in [0.2, 0.25) is 0 Å². The Bertz CT molecular complexity index is 1070. The number of carboxylic acids is 1. The molecule has 0 saturated carbocycles. The third-order valence-corrected chi connectivity index (χ3v) is 5.13. The summed E-state index contributed by atoms with van der Waals surface area (Å²) in [7, 11) is 3.88. The Labute approximate surface area is 205 Å². The molecule has 0 bridgehead atoms. The second kappa shape index (κ2) is 14.2. The van der Waals surface area contributed by atoms with E-state index in [1.807, 2.05) is 43.3 Å². The van der Waals surface area contributed by atoms with Crippen LogP contribution in [-0.2, 0) is 9.59 Å². The average Bonchev–Trinajstić information content (AvgIpc) is 2.85. The minimum atomic E-state index is -1.13. The number of aliphatic carboxylic acids is 1. The summed E-state index contributed by atoms with van der Waals surface area (Å²) < 4.78 is 0. The van der Waals surface area contributed by atoms with E-state index in [9.17, 15) is 19.5 Å². The number of nitrogens with zero attached hydrogens (tertiary/aromatic N) is 3. The van der Waals surface area contributed by atoms with Crippen molar-refractivity contribution in [2.75, 3.05) is 25.5 Å². The van der Waals surface area contributed by atoms with Gasteiger partial charge >= 0.3 is 5.97 Å². The molecule has 0 fully saturated rings. The lowest BCUT2D eigenvalue weighted by molar-refractivity contribution is -0.139. The number of azo groups is 1. The second-order valence-corrected chi connectivity index (χ2v) is 8.04. The molecule has 0 radical (unpaired) electrons. The molecular weight excluding hydrogens is 446 g/mol. The fourth-order valence-electron chi connectivity index (χ4n) is 3.15. The summed E-state index contributed by atoms with van der Waals surface area (Å²) in [5.41, 5.74) is 2.21. The molecule has 2 amide bonds. The van der Waals surface area contributed by atoms with Crippen molar-refractivity contribution < 1.29 is 19.5 Å². The lowest BCUT2D eigenvalue weighted by Gasteiger charge is -2.15. The number of carbonyl (C=O) groups is 3. The third-order valence-electron chi connectivity index (χ3n) is 5.13. The van der Waals surface area contributed by atoms with Crippen LogP contribution in [0.15, 0.2) is 58.8 Å². The predicted octanol–water partition coefficient (Wildman–Crippen LogP) is 4.05. The molecule has 0 aliphatic heterocycles. The van der Waals surface area contributed by atoms with Crippen LogP contribution in [-0.4, -0.2) is 49.6 Å². The number of unbranched alkanes of at least 4 members (excludes halogenated alkanes) is 1. The number of rotatable bonds is 13. The highest BCUT2D eigenvalue weighted by atomic mass is 16.4. The number of anilines is 1. The van der Waals surface area contributed by atoms with E-state index in [2.05, 4.69) is 26.8 Å². The zero-order valence-electron chi connectivity index (χ0n) is 20.0. The summed E-state index contributed by atoms with van der Waals surface area (Å²) in [6.45, 7) is 0.419. The molecule has 2 aromatic carbocycles. The van der Waals surface area contributed by atoms with Crippen molar-refractivity contribution >= 4 is 34.8 Å². The van der Waals surface area contributed by atoms with E-state index >= 15 is 0 Å². The Balaban J connectivity index is 1.95. The van der Waals surface area contributed by atoms with Gasteiger partial charge in [-0.2, -0.15) is 5.11 Å². The van der Waals surface area contributed by atoms with Crippen molar-refractivity contribution in [1.82, 2.24) is 10.6 Å². The number of amides is 2. The number of benzene rings is 2. The monoisotopic (exact) mass is 477 g/mol. The summed E-state index contributed by atoms with van der Waals surface area (Å²) in [5, 5.41) is 23.2. The van der Waals surface area contributed by atoms with E-state index < -0.39 is 17.9 Å². The maximum absolute atomic E-state index is 12.8. The molecule has 2 rings (SSSR count). The first kappa shape index (κ1) is 27.1.